The monoisotopic (exact) mass is 226 g/mol. The second-order valence-electron chi connectivity index (χ2n) is 4.69. The van der Waals surface area contributed by atoms with Gasteiger partial charge in [-0.1, -0.05) is 6.92 Å². The quantitative estimate of drug-likeness (QED) is 0.692. The molecule has 0 aromatic rings. The van der Waals surface area contributed by atoms with Crippen LogP contribution in [0.5, 0.6) is 0 Å². The van der Waals surface area contributed by atoms with Gasteiger partial charge in [-0.25, -0.2) is 4.79 Å². The predicted octanol–water partition coefficient (Wildman–Crippen LogP) is 2.19. The van der Waals surface area contributed by atoms with Crippen molar-refractivity contribution in [2.45, 2.75) is 47.1 Å². The van der Waals surface area contributed by atoms with Crippen molar-refractivity contribution >= 4 is 11.9 Å². The van der Waals surface area contributed by atoms with E-state index in [9.17, 15) is 9.59 Å². The SMILES string of the molecule is CCC(C)(C)C(=O)OC1=C(C)C(C)OC1=O. The summed E-state index contributed by atoms with van der Waals surface area (Å²) >= 11 is 0. The molecule has 1 aliphatic heterocycles. The van der Waals surface area contributed by atoms with E-state index in [1.807, 2.05) is 6.92 Å². The smallest absolute Gasteiger partial charge is 0.375 e. The van der Waals surface area contributed by atoms with Crippen molar-refractivity contribution in [2.24, 2.45) is 5.41 Å². The van der Waals surface area contributed by atoms with Gasteiger partial charge in [0.1, 0.15) is 6.10 Å². The molecule has 0 spiro atoms. The molecule has 1 heterocycles. The Bertz CT molecular complexity index is 352. The number of carbonyl (C=O) groups is 2. The van der Waals surface area contributed by atoms with Crippen molar-refractivity contribution in [2.75, 3.05) is 0 Å². The molecular weight excluding hydrogens is 208 g/mol. The van der Waals surface area contributed by atoms with Crippen LogP contribution in [0.25, 0.3) is 0 Å². The van der Waals surface area contributed by atoms with Crippen LogP contribution in [0.2, 0.25) is 0 Å². The Hall–Kier alpha value is -1.32. The van der Waals surface area contributed by atoms with Gasteiger partial charge < -0.3 is 9.47 Å². The summed E-state index contributed by atoms with van der Waals surface area (Å²) in [6, 6.07) is 0. The van der Waals surface area contributed by atoms with E-state index < -0.39 is 17.4 Å². The summed E-state index contributed by atoms with van der Waals surface area (Å²) in [5, 5.41) is 0. The largest absolute Gasteiger partial charge is 0.452 e. The van der Waals surface area contributed by atoms with Crippen LogP contribution in [0.1, 0.15) is 41.0 Å². The Morgan fingerprint density at radius 1 is 1.50 bits per heavy atom. The molecule has 1 unspecified atom stereocenters. The van der Waals surface area contributed by atoms with Gasteiger partial charge >= 0.3 is 11.9 Å². The normalized spacial score (nSPS) is 21.1. The number of ether oxygens (including phenoxy) is 2. The predicted molar refractivity (Wildman–Crippen MR) is 58.4 cm³/mol. The molecule has 1 rings (SSSR count). The van der Waals surface area contributed by atoms with Crippen LogP contribution in [0.15, 0.2) is 11.3 Å². The number of carbonyl (C=O) groups excluding carboxylic acids is 2. The fourth-order valence-electron chi connectivity index (χ4n) is 1.15. The second kappa shape index (κ2) is 4.28. The van der Waals surface area contributed by atoms with Crippen LogP contribution >= 0.6 is 0 Å². The summed E-state index contributed by atoms with van der Waals surface area (Å²) in [7, 11) is 0. The Balaban J connectivity index is 2.83. The molecule has 4 nitrogen and oxygen atoms in total. The lowest BCUT2D eigenvalue weighted by atomic mass is 9.91. The highest BCUT2D eigenvalue weighted by atomic mass is 16.6. The highest BCUT2D eigenvalue weighted by Gasteiger charge is 2.35. The third-order valence-corrected chi connectivity index (χ3v) is 3.07. The molecule has 0 aromatic heterocycles. The van der Waals surface area contributed by atoms with Gasteiger partial charge in [-0.2, -0.15) is 0 Å². The first-order chi connectivity index (χ1) is 7.29. The molecule has 0 bridgehead atoms. The molecule has 16 heavy (non-hydrogen) atoms. The standard InChI is InChI=1S/C12H18O4/c1-6-12(4,5)11(14)16-9-7(2)8(3)15-10(9)13/h8H,6H2,1-5H3. The lowest BCUT2D eigenvalue weighted by Gasteiger charge is -2.19. The molecule has 1 atom stereocenters. The maximum absolute atomic E-state index is 11.8. The summed E-state index contributed by atoms with van der Waals surface area (Å²) in [5.74, 6) is -0.889. The minimum Gasteiger partial charge on any atom is -0.452 e. The van der Waals surface area contributed by atoms with Crippen LogP contribution in [-0.4, -0.2) is 18.0 Å². The van der Waals surface area contributed by atoms with E-state index in [0.29, 0.717) is 12.0 Å². The molecule has 0 N–H and O–H groups in total. The number of hydrogen-bond donors (Lipinski definition) is 0. The summed E-state index contributed by atoms with van der Waals surface area (Å²) in [4.78, 5) is 23.2. The number of rotatable bonds is 3. The first-order valence-electron chi connectivity index (χ1n) is 5.43. The van der Waals surface area contributed by atoms with Crippen molar-refractivity contribution in [3.05, 3.63) is 11.3 Å². The first-order valence-corrected chi connectivity index (χ1v) is 5.43. The number of cyclic esters (lactones) is 1. The van der Waals surface area contributed by atoms with Crippen molar-refractivity contribution in [3.63, 3.8) is 0 Å². The minimum absolute atomic E-state index is 0.0547. The maximum Gasteiger partial charge on any atom is 0.375 e. The Kier molecular flexibility index (Phi) is 3.41. The van der Waals surface area contributed by atoms with Crippen LogP contribution in [-0.2, 0) is 19.1 Å². The lowest BCUT2D eigenvalue weighted by molar-refractivity contribution is -0.156. The lowest BCUT2D eigenvalue weighted by Crippen LogP contribution is -2.26. The fourth-order valence-corrected chi connectivity index (χ4v) is 1.15. The van der Waals surface area contributed by atoms with E-state index in [-0.39, 0.29) is 11.9 Å². The fraction of sp³-hybridized carbons (Fsp3) is 0.667. The molecule has 1 aliphatic rings. The maximum atomic E-state index is 11.8. The Morgan fingerprint density at radius 2 is 2.06 bits per heavy atom. The molecule has 0 aromatic carbocycles. The van der Waals surface area contributed by atoms with Crippen molar-refractivity contribution in [3.8, 4) is 0 Å². The van der Waals surface area contributed by atoms with Gasteiger partial charge in [0, 0.05) is 5.57 Å². The van der Waals surface area contributed by atoms with E-state index in [2.05, 4.69) is 0 Å². The molecule has 90 valence electrons. The molecule has 0 aliphatic carbocycles. The molecule has 0 saturated carbocycles. The van der Waals surface area contributed by atoms with Crippen LogP contribution in [0.3, 0.4) is 0 Å². The van der Waals surface area contributed by atoms with Gasteiger partial charge in [-0.15, -0.1) is 0 Å². The Morgan fingerprint density at radius 3 is 2.44 bits per heavy atom. The Labute approximate surface area is 95.6 Å². The van der Waals surface area contributed by atoms with E-state index in [4.69, 9.17) is 9.47 Å². The van der Waals surface area contributed by atoms with E-state index in [1.165, 1.54) is 0 Å². The van der Waals surface area contributed by atoms with E-state index >= 15 is 0 Å². The summed E-state index contributed by atoms with van der Waals surface area (Å²) in [6.45, 7) is 8.96. The minimum atomic E-state index is -0.584. The van der Waals surface area contributed by atoms with E-state index in [1.54, 1.807) is 27.7 Å². The number of hydrogen-bond acceptors (Lipinski definition) is 4. The van der Waals surface area contributed by atoms with Crippen LogP contribution < -0.4 is 0 Å². The van der Waals surface area contributed by atoms with Gasteiger partial charge in [0.25, 0.3) is 0 Å². The molecular formula is C12H18O4. The summed E-state index contributed by atoms with van der Waals surface area (Å²) < 4.78 is 10.1. The zero-order valence-electron chi connectivity index (χ0n) is 10.4. The molecule has 4 heteroatoms. The average Bonchev–Trinajstić information content (AvgIpc) is 2.45. The topological polar surface area (TPSA) is 52.6 Å². The van der Waals surface area contributed by atoms with Gasteiger partial charge in [0.2, 0.25) is 5.76 Å². The highest BCUT2D eigenvalue weighted by Crippen LogP contribution is 2.28. The molecule has 0 amide bonds. The van der Waals surface area contributed by atoms with Gasteiger partial charge in [0.05, 0.1) is 5.41 Å². The second-order valence-corrected chi connectivity index (χ2v) is 4.69. The average molecular weight is 226 g/mol. The summed E-state index contributed by atoms with van der Waals surface area (Å²) in [5.41, 5.74) is 0.0876. The first kappa shape index (κ1) is 12.7. The van der Waals surface area contributed by atoms with Crippen LogP contribution in [0.4, 0.5) is 0 Å². The number of esters is 2. The van der Waals surface area contributed by atoms with Crippen molar-refractivity contribution < 1.29 is 19.1 Å². The van der Waals surface area contributed by atoms with Gasteiger partial charge in [-0.05, 0) is 34.1 Å². The molecule has 0 saturated heterocycles. The molecule has 0 fully saturated rings. The van der Waals surface area contributed by atoms with Crippen molar-refractivity contribution in [1.82, 2.24) is 0 Å². The van der Waals surface area contributed by atoms with Gasteiger partial charge in [0.15, 0.2) is 0 Å². The van der Waals surface area contributed by atoms with Crippen LogP contribution in [0, 0.1) is 5.41 Å². The summed E-state index contributed by atoms with van der Waals surface area (Å²) in [6.07, 6.45) is 0.350. The van der Waals surface area contributed by atoms with Crippen molar-refractivity contribution in [1.29, 1.82) is 0 Å². The zero-order chi connectivity index (χ0) is 12.5. The third-order valence-electron chi connectivity index (χ3n) is 3.07. The zero-order valence-corrected chi connectivity index (χ0v) is 10.4. The highest BCUT2D eigenvalue weighted by molar-refractivity contribution is 5.93. The van der Waals surface area contributed by atoms with Gasteiger partial charge in [-0.3, -0.25) is 4.79 Å². The third kappa shape index (κ3) is 2.26. The molecule has 0 radical (unpaired) electrons. The van der Waals surface area contributed by atoms with E-state index in [0.717, 1.165) is 0 Å².